The van der Waals surface area contributed by atoms with Gasteiger partial charge < -0.3 is 15.7 Å². The molecule has 3 atom stereocenters. The van der Waals surface area contributed by atoms with Crippen molar-refractivity contribution in [1.29, 1.82) is 0 Å². The van der Waals surface area contributed by atoms with Crippen LogP contribution in [0.5, 0.6) is 0 Å². The maximum Gasteiger partial charge on any atom is 0.307 e. The normalized spacial score (nSPS) is 17.6. The molecule has 0 aromatic heterocycles. The number of halogens is 2. The van der Waals surface area contributed by atoms with Crippen molar-refractivity contribution in [3.63, 3.8) is 0 Å². The van der Waals surface area contributed by atoms with E-state index in [0.717, 1.165) is 5.56 Å². The number of thioether (sulfide) groups is 1. The number of carboxylic acid groups (broad SMARTS) is 1. The monoisotopic (exact) mass is 582 g/mol. The molecule has 37 heavy (non-hydrogen) atoms. The summed E-state index contributed by atoms with van der Waals surface area (Å²) in [5.74, 6) is -3.74. The Balaban J connectivity index is 1.53. The Kier molecular flexibility index (Phi) is 8.78. The molecule has 1 aliphatic carbocycles. The zero-order valence-corrected chi connectivity index (χ0v) is 22.0. The summed E-state index contributed by atoms with van der Waals surface area (Å²) in [7, 11) is 0. The summed E-state index contributed by atoms with van der Waals surface area (Å²) in [6.07, 6.45) is 4.29. The number of carbonyl (C=O) groups is 3. The number of rotatable bonds is 8. The van der Waals surface area contributed by atoms with Crippen molar-refractivity contribution in [2.45, 2.75) is 23.0 Å². The molecule has 3 aromatic rings. The summed E-state index contributed by atoms with van der Waals surface area (Å²) in [4.78, 5) is 38.5. The zero-order chi connectivity index (χ0) is 26.4. The third kappa shape index (κ3) is 6.87. The number of allylic oxidation sites excluding steroid dienone is 2. The standard InChI is InChI=1S/C28H24BrFN2O4S/c29-18-13-14-24(23(30)15-18)32-27(34)25(17-7-2-1-3-8-17)37-20-10-6-9-19(16-20)31-26(33)21-11-4-5-12-22(21)28(35)36/h1-10,13-16,21-22,25H,11-12H2,(H,31,33)(H,32,34)(H,35,36). The van der Waals surface area contributed by atoms with E-state index in [0.29, 0.717) is 27.9 Å². The Morgan fingerprint density at radius 1 is 0.919 bits per heavy atom. The zero-order valence-electron chi connectivity index (χ0n) is 19.6. The lowest BCUT2D eigenvalue weighted by atomic mass is 9.82. The first-order valence-corrected chi connectivity index (χ1v) is 13.3. The molecule has 2 amide bonds. The van der Waals surface area contributed by atoms with E-state index in [1.807, 2.05) is 42.5 Å². The predicted octanol–water partition coefficient (Wildman–Crippen LogP) is 6.67. The van der Waals surface area contributed by atoms with Gasteiger partial charge in [0.15, 0.2) is 0 Å². The molecule has 6 nitrogen and oxygen atoms in total. The third-order valence-corrected chi connectivity index (χ3v) is 7.71. The molecule has 3 unspecified atom stereocenters. The molecule has 3 aromatic carbocycles. The van der Waals surface area contributed by atoms with Crippen molar-refractivity contribution >= 4 is 56.9 Å². The van der Waals surface area contributed by atoms with Gasteiger partial charge in [-0.15, -0.1) is 11.8 Å². The van der Waals surface area contributed by atoms with Crippen LogP contribution in [0.25, 0.3) is 0 Å². The minimum absolute atomic E-state index is 0.0743. The third-order valence-electron chi connectivity index (χ3n) is 5.97. The van der Waals surface area contributed by atoms with Crippen molar-refractivity contribution in [2.24, 2.45) is 11.8 Å². The average molecular weight is 583 g/mol. The predicted molar refractivity (Wildman–Crippen MR) is 146 cm³/mol. The van der Waals surface area contributed by atoms with Crippen molar-refractivity contribution in [3.05, 3.63) is 101 Å². The summed E-state index contributed by atoms with van der Waals surface area (Å²) in [5.41, 5.74) is 1.31. The quantitative estimate of drug-likeness (QED) is 0.204. The number of anilines is 2. The van der Waals surface area contributed by atoms with E-state index < -0.39 is 34.8 Å². The molecule has 3 N–H and O–H groups in total. The van der Waals surface area contributed by atoms with Crippen LogP contribution >= 0.6 is 27.7 Å². The molecule has 190 valence electrons. The van der Waals surface area contributed by atoms with Crippen LogP contribution in [0.2, 0.25) is 0 Å². The highest BCUT2D eigenvalue weighted by molar-refractivity contribution is 9.10. The van der Waals surface area contributed by atoms with Gasteiger partial charge in [-0.05, 0) is 54.8 Å². The summed E-state index contributed by atoms with van der Waals surface area (Å²) in [6, 6.07) is 20.6. The van der Waals surface area contributed by atoms with Crippen LogP contribution in [0.3, 0.4) is 0 Å². The minimum Gasteiger partial charge on any atom is -0.481 e. The number of nitrogens with one attached hydrogen (secondary N) is 2. The largest absolute Gasteiger partial charge is 0.481 e. The van der Waals surface area contributed by atoms with Gasteiger partial charge in [0.05, 0.1) is 17.5 Å². The van der Waals surface area contributed by atoms with Crippen molar-refractivity contribution in [3.8, 4) is 0 Å². The molecule has 0 bridgehead atoms. The molecule has 9 heteroatoms. The van der Waals surface area contributed by atoms with Crippen LogP contribution in [0, 0.1) is 17.7 Å². The second-order valence-electron chi connectivity index (χ2n) is 8.53. The fourth-order valence-corrected chi connectivity index (χ4v) is 5.50. The molecule has 4 rings (SSSR count). The Morgan fingerprint density at radius 2 is 1.65 bits per heavy atom. The molecule has 0 fully saturated rings. The number of hydrogen-bond donors (Lipinski definition) is 3. The van der Waals surface area contributed by atoms with Crippen molar-refractivity contribution in [2.75, 3.05) is 10.6 Å². The lowest BCUT2D eigenvalue weighted by Crippen LogP contribution is -2.34. The molecule has 0 aliphatic heterocycles. The summed E-state index contributed by atoms with van der Waals surface area (Å²) in [5, 5.41) is 14.3. The maximum atomic E-state index is 14.4. The van der Waals surface area contributed by atoms with Crippen molar-refractivity contribution in [1.82, 2.24) is 0 Å². The van der Waals surface area contributed by atoms with E-state index >= 15 is 0 Å². The summed E-state index contributed by atoms with van der Waals surface area (Å²) >= 11 is 4.47. The van der Waals surface area contributed by atoms with Crippen LogP contribution in [0.1, 0.15) is 23.7 Å². The van der Waals surface area contributed by atoms with Crippen LogP contribution in [0.4, 0.5) is 15.8 Å². The van der Waals surface area contributed by atoms with E-state index in [4.69, 9.17) is 0 Å². The molecule has 0 heterocycles. The lowest BCUT2D eigenvalue weighted by molar-refractivity contribution is -0.146. The summed E-state index contributed by atoms with van der Waals surface area (Å²) < 4.78 is 14.9. The van der Waals surface area contributed by atoms with Gasteiger partial charge in [0.2, 0.25) is 11.8 Å². The van der Waals surface area contributed by atoms with Gasteiger partial charge in [0.1, 0.15) is 11.1 Å². The van der Waals surface area contributed by atoms with E-state index in [1.165, 1.54) is 23.9 Å². The van der Waals surface area contributed by atoms with Gasteiger partial charge in [-0.1, -0.05) is 64.5 Å². The SMILES string of the molecule is O=C(Nc1ccc(Br)cc1F)C(Sc1cccc(NC(=O)C2CC=CCC2C(=O)O)c1)c1ccccc1. The smallest absolute Gasteiger partial charge is 0.307 e. The van der Waals surface area contributed by atoms with Crippen molar-refractivity contribution < 1.29 is 23.9 Å². The van der Waals surface area contributed by atoms with Crippen LogP contribution in [-0.4, -0.2) is 22.9 Å². The molecular formula is C28H24BrFN2O4S. The van der Waals surface area contributed by atoms with Gasteiger partial charge in [0.25, 0.3) is 0 Å². The van der Waals surface area contributed by atoms with Gasteiger partial charge in [-0.2, -0.15) is 0 Å². The maximum absolute atomic E-state index is 14.4. The Bertz CT molecular complexity index is 1330. The Labute approximate surface area is 226 Å². The highest BCUT2D eigenvalue weighted by Gasteiger charge is 2.34. The number of benzene rings is 3. The average Bonchev–Trinajstić information content (AvgIpc) is 2.89. The first-order valence-electron chi connectivity index (χ1n) is 11.6. The summed E-state index contributed by atoms with van der Waals surface area (Å²) in [6.45, 7) is 0. The van der Waals surface area contributed by atoms with Crippen LogP contribution < -0.4 is 10.6 Å². The highest BCUT2D eigenvalue weighted by Crippen LogP contribution is 2.38. The lowest BCUT2D eigenvalue weighted by Gasteiger charge is -2.24. The van der Waals surface area contributed by atoms with Gasteiger partial charge >= 0.3 is 5.97 Å². The fourth-order valence-electron chi connectivity index (χ4n) is 4.08. The molecule has 1 aliphatic rings. The van der Waals surface area contributed by atoms with Crippen LogP contribution in [0.15, 0.2) is 94.3 Å². The number of carbonyl (C=O) groups excluding carboxylic acids is 2. The fraction of sp³-hybridized carbons (Fsp3) is 0.179. The topological polar surface area (TPSA) is 95.5 Å². The first-order chi connectivity index (χ1) is 17.8. The number of carboxylic acids is 1. The second kappa shape index (κ2) is 12.2. The van der Waals surface area contributed by atoms with Gasteiger partial charge in [-0.3, -0.25) is 14.4 Å². The van der Waals surface area contributed by atoms with E-state index in [2.05, 4.69) is 26.6 Å². The van der Waals surface area contributed by atoms with E-state index in [-0.39, 0.29) is 11.6 Å². The highest BCUT2D eigenvalue weighted by atomic mass is 79.9. The van der Waals surface area contributed by atoms with Gasteiger partial charge in [0, 0.05) is 15.1 Å². The Hall–Kier alpha value is -3.43. The second-order valence-corrected chi connectivity index (χ2v) is 10.6. The molecule has 0 saturated carbocycles. The van der Waals surface area contributed by atoms with E-state index in [9.17, 15) is 23.9 Å². The molecule has 0 radical (unpaired) electrons. The number of hydrogen-bond acceptors (Lipinski definition) is 4. The Morgan fingerprint density at radius 3 is 2.35 bits per heavy atom. The molecule has 0 saturated heterocycles. The first kappa shape index (κ1) is 26.6. The van der Waals surface area contributed by atoms with E-state index in [1.54, 1.807) is 30.3 Å². The van der Waals surface area contributed by atoms with Gasteiger partial charge in [-0.25, -0.2) is 4.39 Å². The van der Waals surface area contributed by atoms with Crippen LogP contribution in [-0.2, 0) is 14.4 Å². The molecule has 0 spiro atoms. The minimum atomic E-state index is -0.993. The molecular weight excluding hydrogens is 559 g/mol. The number of amides is 2. The number of aliphatic carboxylic acids is 1.